The van der Waals surface area contributed by atoms with Crippen molar-refractivity contribution in [1.29, 1.82) is 0 Å². The molecule has 1 heterocycles. The van der Waals surface area contributed by atoms with Crippen LogP contribution in [-0.2, 0) is 16.3 Å². The quantitative estimate of drug-likeness (QED) is 0.501. The Kier molecular flexibility index (Phi) is 6.72. The fraction of sp³-hybridized carbons (Fsp3) is 0.500. The van der Waals surface area contributed by atoms with Gasteiger partial charge in [0.2, 0.25) is 9.84 Å². The third kappa shape index (κ3) is 4.69. The topological polar surface area (TPSA) is 110 Å². The minimum absolute atomic E-state index is 0.0316. The van der Waals surface area contributed by atoms with Crippen molar-refractivity contribution in [2.45, 2.75) is 55.9 Å². The van der Waals surface area contributed by atoms with Crippen molar-refractivity contribution in [3.8, 4) is 5.75 Å². The van der Waals surface area contributed by atoms with E-state index in [4.69, 9.17) is 10.5 Å². The first-order valence-electron chi connectivity index (χ1n) is 12.0. The first-order chi connectivity index (χ1) is 16.4. The Balaban J connectivity index is 1.79. The van der Waals surface area contributed by atoms with Crippen LogP contribution in [0.5, 0.6) is 5.75 Å². The maximum absolute atomic E-state index is 14.3. The van der Waals surface area contributed by atoms with Crippen LogP contribution in [0.15, 0.2) is 40.1 Å². The second kappa shape index (κ2) is 9.19. The molecule has 7 nitrogen and oxygen atoms in total. The van der Waals surface area contributed by atoms with Crippen molar-refractivity contribution < 1.29 is 27.4 Å². The standard InChI is InChI=1S/C26H33FN2O5S/c1-5-29(6-2)14-26(3,4)12-15-11-16(27)7-9-19(15)35(32,33)20-10-8-17-21-18(23(21)28)13-34-24(17)22(20)25(30)31/h7-11,18,21,23H,5-6,12-14,28H2,1-4H3,(H,30,31)/t18-,21-,23?/m1/s1. The number of nitrogens with zero attached hydrogens (tertiary/aromatic N) is 1. The van der Waals surface area contributed by atoms with Crippen molar-refractivity contribution in [1.82, 2.24) is 4.90 Å². The molecule has 9 heteroatoms. The molecule has 1 fully saturated rings. The Morgan fingerprint density at radius 3 is 2.49 bits per heavy atom. The average Bonchev–Trinajstić information content (AvgIpc) is 3.46. The molecule has 4 rings (SSSR count). The van der Waals surface area contributed by atoms with Crippen LogP contribution in [0.1, 0.15) is 55.1 Å². The second-order valence-electron chi connectivity index (χ2n) is 10.3. The molecule has 1 aliphatic heterocycles. The lowest BCUT2D eigenvalue weighted by Gasteiger charge is -2.32. The minimum Gasteiger partial charge on any atom is -0.492 e. The summed E-state index contributed by atoms with van der Waals surface area (Å²) in [5, 5.41) is 10.0. The van der Waals surface area contributed by atoms with E-state index in [1.165, 1.54) is 18.2 Å². The molecule has 2 aliphatic rings. The minimum atomic E-state index is -4.30. The van der Waals surface area contributed by atoms with Crippen molar-refractivity contribution in [3.05, 3.63) is 52.8 Å². The zero-order valence-corrected chi connectivity index (χ0v) is 21.4. The van der Waals surface area contributed by atoms with Crippen molar-refractivity contribution in [2.75, 3.05) is 26.2 Å². The van der Waals surface area contributed by atoms with Crippen LogP contribution < -0.4 is 10.5 Å². The number of benzene rings is 2. The highest BCUT2D eigenvalue weighted by atomic mass is 32.2. The van der Waals surface area contributed by atoms with Crippen LogP contribution in [0.4, 0.5) is 4.39 Å². The number of rotatable bonds is 9. The molecule has 0 amide bonds. The summed E-state index contributed by atoms with van der Waals surface area (Å²) in [6, 6.07) is 6.36. The van der Waals surface area contributed by atoms with Gasteiger partial charge in [-0.2, -0.15) is 0 Å². The molecule has 1 aliphatic carbocycles. The van der Waals surface area contributed by atoms with Crippen LogP contribution in [0.2, 0.25) is 0 Å². The Morgan fingerprint density at radius 2 is 1.86 bits per heavy atom. The molecule has 2 aromatic rings. The average molecular weight is 505 g/mol. The molecule has 3 atom stereocenters. The Labute approximate surface area is 206 Å². The van der Waals surface area contributed by atoms with E-state index in [-0.39, 0.29) is 45.4 Å². The van der Waals surface area contributed by atoms with Gasteiger partial charge in [-0.15, -0.1) is 0 Å². The molecule has 35 heavy (non-hydrogen) atoms. The monoisotopic (exact) mass is 504 g/mol. The van der Waals surface area contributed by atoms with Gasteiger partial charge >= 0.3 is 5.97 Å². The lowest BCUT2D eigenvalue weighted by Crippen LogP contribution is -2.35. The molecule has 190 valence electrons. The van der Waals surface area contributed by atoms with E-state index < -0.39 is 27.2 Å². The summed E-state index contributed by atoms with van der Waals surface area (Å²) in [7, 11) is -4.30. The number of halogens is 1. The lowest BCUT2D eigenvalue weighted by atomic mass is 9.85. The van der Waals surface area contributed by atoms with Crippen molar-refractivity contribution >= 4 is 15.8 Å². The first kappa shape index (κ1) is 25.6. The van der Waals surface area contributed by atoms with Crippen molar-refractivity contribution in [3.63, 3.8) is 0 Å². The van der Waals surface area contributed by atoms with Gasteiger partial charge in [0.15, 0.2) is 0 Å². The normalized spacial score (nSPS) is 21.3. The molecule has 1 unspecified atom stereocenters. The highest BCUT2D eigenvalue weighted by Crippen LogP contribution is 2.54. The van der Waals surface area contributed by atoms with E-state index >= 15 is 0 Å². The fourth-order valence-electron chi connectivity index (χ4n) is 5.35. The number of ether oxygens (including phenoxy) is 1. The van der Waals surface area contributed by atoms with E-state index in [2.05, 4.69) is 18.7 Å². The number of hydrogen-bond donors (Lipinski definition) is 2. The third-order valence-corrected chi connectivity index (χ3v) is 9.09. The molecule has 3 N–H and O–H groups in total. The van der Waals surface area contributed by atoms with E-state index in [1.807, 2.05) is 13.8 Å². The molecule has 2 aromatic carbocycles. The smallest absolute Gasteiger partial charge is 0.340 e. The van der Waals surface area contributed by atoms with Gasteiger partial charge < -0.3 is 20.5 Å². The van der Waals surface area contributed by atoms with Crippen LogP contribution in [-0.4, -0.2) is 56.7 Å². The zero-order chi connectivity index (χ0) is 25.7. The number of fused-ring (bicyclic) bond motifs is 3. The van der Waals surface area contributed by atoms with Crippen LogP contribution in [0.3, 0.4) is 0 Å². The Morgan fingerprint density at radius 1 is 1.20 bits per heavy atom. The Bertz CT molecular complexity index is 1260. The summed E-state index contributed by atoms with van der Waals surface area (Å²) in [6.07, 6.45) is 0.304. The molecule has 0 aromatic heterocycles. The van der Waals surface area contributed by atoms with Gasteiger partial charge in [0, 0.05) is 30.0 Å². The van der Waals surface area contributed by atoms with Crippen molar-refractivity contribution in [2.24, 2.45) is 17.1 Å². The fourth-order valence-corrected chi connectivity index (χ4v) is 7.01. The largest absolute Gasteiger partial charge is 0.492 e. The van der Waals surface area contributed by atoms with Gasteiger partial charge in [-0.25, -0.2) is 17.6 Å². The summed E-state index contributed by atoms with van der Waals surface area (Å²) in [5.41, 5.74) is 6.30. The number of carbonyl (C=O) groups is 1. The zero-order valence-electron chi connectivity index (χ0n) is 20.5. The van der Waals surface area contributed by atoms with Gasteiger partial charge in [-0.1, -0.05) is 33.8 Å². The van der Waals surface area contributed by atoms with Gasteiger partial charge in [0.25, 0.3) is 0 Å². The van der Waals surface area contributed by atoms with Gasteiger partial charge in [0.05, 0.1) is 16.4 Å². The summed E-state index contributed by atoms with van der Waals surface area (Å²) in [4.78, 5) is 14.1. The predicted octanol–water partition coefficient (Wildman–Crippen LogP) is 3.70. The number of nitrogens with two attached hydrogens (primary N) is 1. The van der Waals surface area contributed by atoms with Crippen LogP contribution >= 0.6 is 0 Å². The summed E-state index contributed by atoms with van der Waals surface area (Å²) in [5.74, 6) is -1.78. The van der Waals surface area contributed by atoms with Crippen LogP contribution in [0.25, 0.3) is 0 Å². The number of carboxylic acids is 1. The predicted molar refractivity (Wildman–Crippen MR) is 130 cm³/mol. The lowest BCUT2D eigenvalue weighted by molar-refractivity contribution is 0.0686. The maximum Gasteiger partial charge on any atom is 0.340 e. The Hall–Kier alpha value is -2.49. The molecule has 0 saturated heterocycles. The summed E-state index contributed by atoms with van der Waals surface area (Å²) in [6.45, 7) is 10.8. The van der Waals surface area contributed by atoms with E-state index in [0.717, 1.165) is 19.2 Å². The molecule has 1 saturated carbocycles. The highest BCUT2D eigenvalue weighted by molar-refractivity contribution is 7.91. The molecule has 0 spiro atoms. The number of aromatic carboxylic acids is 1. The molecular weight excluding hydrogens is 471 g/mol. The molecule has 0 radical (unpaired) electrons. The van der Waals surface area contributed by atoms with Gasteiger partial charge in [-0.3, -0.25) is 0 Å². The number of carboxylic acid groups (broad SMARTS) is 1. The summed E-state index contributed by atoms with van der Waals surface area (Å²) >= 11 is 0. The summed E-state index contributed by atoms with van der Waals surface area (Å²) < 4.78 is 47.8. The third-order valence-electron chi connectivity index (χ3n) is 7.19. The highest BCUT2D eigenvalue weighted by Gasteiger charge is 2.53. The van der Waals surface area contributed by atoms with E-state index in [9.17, 15) is 22.7 Å². The second-order valence-corrected chi connectivity index (χ2v) is 12.2. The van der Waals surface area contributed by atoms with E-state index in [1.54, 1.807) is 6.07 Å². The number of sulfone groups is 1. The number of hydrogen-bond acceptors (Lipinski definition) is 6. The van der Waals surface area contributed by atoms with Crippen LogP contribution in [0, 0.1) is 17.2 Å². The van der Waals surface area contributed by atoms with E-state index in [0.29, 0.717) is 24.1 Å². The van der Waals surface area contributed by atoms with Gasteiger partial charge in [-0.05, 0) is 54.8 Å². The maximum atomic E-state index is 14.3. The molecule has 0 bridgehead atoms. The SMILES string of the molecule is CCN(CC)CC(C)(C)Cc1cc(F)ccc1S(=O)(=O)c1ccc2c(c1C(=O)O)OC[C@H]1C(N)[C@H]21. The first-order valence-corrected chi connectivity index (χ1v) is 13.4. The van der Waals surface area contributed by atoms with Gasteiger partial charge in [0.1, 0.15) is 17.1 Å². The molecular formula is C26H33FN2O5S.